The summed E-state index contributed by atoms with van der Waals surface area (Å²) >= 11 is 6.12. The lowest BCUT2D eigenvalue weighted by molar-refractivity contribution is 0.242. The van der Waals surface area contributed by atoms with E-state index in [2.05, 4.69) is 10.3 Å². The summed E-state index contributed by atoms with van der Waals surface area (Å²) in [5.74, 6) is 1.32. The van der Waals surface area contributed by atoms with Crippen LogP contribution in [0.5, 0.6) is 0 Å². The van der Waals surface area contributed by atoms with E-state index in [-0.39, 0.29) is 12.6 Å². The molecule has 23 heavy (non-hydrogen) atoms. The lowest BCUT2D eigenvalue weighted by atomic mass is 10.0. The Morgan fingerprint density at radius 3 is 2.65 bits per heavy atom. The number of aliphatic hydroxyl groups excluding tert-OH is 1. The Bertz CT molecular complexity index is 758. The number of hydrogen-bond donors (Lipinski definition) is 2. The van der Waals surface area contributed by atoms with Gasteiger partial charge in [0.2, 0.25) is 0 Å². The summed E-state index contributed by atoms with van der Waals surface area (Å²) in [6.45, 7) is 0.422. The maximum atomic E-state index is 9.08. The van der Waals surface area contributed by atoms with Crippen LogP contribution in [0.2, 0.25) is 5.02 Å². The highest BCUT2D eigenvalue weighted by Gasteiger charge is 2.16. The predicted molar refractivity (Wildman–Crippen MR) is 89.0 cm³/mol. The van der Waals surface area contributed by atoms with Crippen LogP contribution in [0.4, 0.5) is 0 Å². The highest BCUT2D eigenvalue weighted by atomic mass is 35.5. The minimum absolute atomic E-state index is 0.0992. The first-order chi connectivity index (χ1) is 11.3. The molecular weight excluding hydrogens is 312 g/mol. The van der Waals surface area contributed by atoms with Gasteiger partial charge in [-0.25, -0.2) is 0 Å². The molecule has 0 fully saturated rings. The van der Waals surface area contributed by atoms with Crippen molar-refractivity contribution in [3.8, 4) is 0 Å². The molecule has 0 aliphatic heterocycles. The van der Waals surface area contributed by atoms with E-state index in [9.17, 15) is 0 Å². The monoisotopic (exact) mass is 328 g/mol. The largest absolute Gasteiger partial charge is 0.462 e. The van der Waals surface area contributed by atoms with Gasteiger partial charge >= 0.3 is 0 Å². The molecule has 0 unspecified atom stereocenters. The zero-order valence-corrected chi connectivity index (χ0v) is 13.2. The van der Waals surface area contributed by atoms with Gasteiger partial charge in [0, 0.05) is 11.2 Å². The van der Waals surface area contributed by atoms with E-state index in [4.69, 9.17) is 21.1 Å². The number of hydrogen-bond acceptors (Lipinski definition) is 4. The van der Waals surface area contributed by atoms with E-state index < -0.39 is 0 Å². The van der Waals surface area contributed by atoms with Gasteiger partial charge < -0.3 is 9.52 Å². The fourth-order valence-electron chi connectivity index (χ4n) is 2.43. The van der Waals surface area contributed by atoms with Crippen LogP contribution < -0.4 is 5.32 Å². The number of nitrogens with one attached hydrogen (secondary N) is 1. The van der Waals surface area contributed by atoms with Gasteiger partial charge in [-0.3, -0.25) is 10.3 Å². The molecule has 0 spiro atoms. The SMILES string of the molecule is OCc1ccc(CN[C@@H](c2cccc(Cl)c2)c2ccccn2)o1. The zero-order valence-electron chi connectivity index (χ0n) is 12.4. The van der Waals surface area contributed by atoms with Gasteiger partial charge in [-0.05, 0) is 42.0 Å². The van der Waals surface area contributed by atoms with Crippen molar-refractivity contribution in [3.63, 3.8) is 0 Å². The Hall–Kier alpha value is -2.14. The standard InChI is InChI=1S/C18H17ClN2O2/c19-14-5-3-4-13(10-14)18(17-6-1-2-9-20-17)21-11-15-7-8-16(12-22)23-15/h1-10,18,21-22H,11-12H2/t18-/m0/s1. The third-order valence-electron chi connectivity index (χ3n) is 3.52. The van der Waals surface area contributed by atoms with Gasteiger partial charge in [0.25, 0.3) is 0 Å². The van der Waals surface area contributed by atoms with Crippen LogP contribution in [0.3, 0.4) is 0 Å². The number of rotatable bonds is 6. The van der Waals surface area contributed by atoms with Gasteiger partial charge in [0.05, 0.1) is 18.3 Å². The fourth-order valence-corrected chi connectivity index (χ4v) is 2.63. The van der Waals surface area contributed by atoms with Gasteiger partial charge in [-0.1, -0.05) is 29.8 Å². The van der Waals surface area contributed by atoms with E-state index in [1.807, 2.05) is 48.5 Å². The number of aliphatic hydroxyl groups is 1. The summed E-state index contributed by atoms with van der Waals surface area (Å²) in [6, 6.07) is 17.0. The quantitative estimate of drug-likeness (QED) is 0.724. The van der Waals surface area contributed by atoms with Crippen molar-refractivity contribution in [2.45, 2.75) is 19.2 Å². The smallest absolute Gasteiger partial charge is 0.129 e. The molecule has 3 rings (SSSR count). The van der Waals surface area contributed by atoms with E-state index in [0.29, 0.717) is 17.3 Å². The van der Waals surface area contributed by atoms with Crippen LogP contribution in [0.1, 0.15) is 28.8 Å². The van der Waals surface area contributed by atoms with Crippen LogP contribution in [0, 0.1) is 0 Å². The maximum Gasteiger partial charge on any atom is 0.129 e. The molecule has 5 heteroatoms. The Morgan fingerprint density at radius 2 is 1.96 bits per heavy atom. The third kappa shape index (κ3) is 3.99. The van der Waals surface area contributed by atoms with Crippen molar-refractivity contribution in [1.82, 2.24) is 10.3 Å². The van der Waals surface area contributed by atoms with E-state index in [1.165, 1.54) is 0 Å². The summed E-state index contributed by atoms with van der Waals surface area (Å²) in [5.41, 5.74) is 1.94. The zero-order chi connectivity index (χ0) is 16.1. The average Bonchev–Trinajstić information content (AvgIpc) is 3.04. The molecule has 0 aliphatic rings. The molecule has 0 aliphatic carbocycles. The number of nitrogens with zero attached hydrogens (tertiary/aromatic N) is 1. The molecule has 3 aromatic rings. The second-order valence-electron chi connectivity index (χ2n) is 5.15. The molecule has 0 amide bonds. The number of aromatic nitrogens is 1. The van der Waals surface area contributed by atoms with Crippen molar-refractivity contribution < 1.29 is 9.52 Å². The molecule has 0 radical (unpaired) electrons. The van der Waals surface area contributed by atoms with Gasteiger partial charge in [0.1, 0.15) is 18.1 Å². The van der Waals surface area contributed by atoms with Crippen molar-refractivity contribution in [3.05, 3.63) is 88.6 Å². The van der Waals surface area contributed by atoms with Crippen LogP contribution >= 0.6 is 11.6 Å². The lowest BCUT2D eigenvalue weighted by Crippen LogP contribution is -2.22. The summed E-state index contributed by atoms with van der Waals surface area (Å²) < 4.78 is 5.52. The number of furan rings is 1. The Morgan fingerprint density at radius 1 is 1.09 bits per heavy atom. The lowest BCUT2D eigenvalue weighted by Gasteiger charge is -2.18. The molecule has 2 aromatic heterocycles. The van der Waals surface area contributed by atoms with Crippen LogP contribution in [0.25, 0.3) is 0 Å². The highest BCUT2D eigenvalue weighted by Crippen LogP contribution is 2.23. The maximum absolute atomic E-state index is 9.08. The molecular formula is C18H17ClN2O2. The molecule has 0 bridgehead atoms. The fraction of sp³-hybridized carbons (Fsp3) is 0.167. The first-order valence-electron chi connectivity index (χ1n) is 7.34. The van der Waals surface area contributed by atoms with Crippen LogP contribution in [-0.4, -0.2) is 10.1 Å². The van der Waals surface area contributed by atoms with E-state index >= 15 is 0 Å². The third-order valence-corrected chi connectivity index (χ3v) is 3.75. The summed E-state index contributed by atoms with van der Waals surface area (Å²) in [5, 5.41) is 13.2. The van der Waals surface area contributed by atoms with E-state index in [0.717, 1.165) is 17.0 Å². The predicted octanol–water partition coefficient (Wildman–Crippen LogP) is 3.70. The van der Waals surface area contributed by atoms with Crippen LogP contribution in [0.15, 0.2) is 65.2 Å². The number of halogens is 1. The van der Waals surface area contributed by atoms with Gasteiger partial charge in [-0.2, -0.15) is 0 Å². The molecule has 0 saturated heterocycles. The minimum Gasteiger partial charge on any atom is -0.462 e. The molecule has 2 heterocycles. The molecule has 0 saturated carbocycles. The summed E-state index contributed by atoms with van der Waals surface area (Å²) in [4.78, 5) is 4.44. The molecule has 4 nitrogen and oxygen atoms in total. The van der Waals surface area contributed by atoms with Crippen LogP contribution in [-0.2, 0) is 13.2 Å². The minimum atomic E-state index is -0.0995. The van der Waals surface area contributed by atoms with Crippen molar-refractivity contribution >= 4 is 11.6 Å². The van der Waals surface area contributed by atoms with Crippen molar-refractivity contribution in [2.75, 3.05) is 0 Å². The molecule has 118 valence electrons. The first kappa shape index (κ1) is 15.7. The van der Waals surface area contributed by atoms with Gasteiger partial charge in [-0.15, -0.1) is 0 Å². The number of pyridine rings is 1. The second kappa shape index (κ2) is 7.42. The highest BCUT2D eigenvalue weighted by molar-refractivity contribution is 6.30. The van der Waals surface area contributed by atoms with Gasteiger partial charge in [0.15, 0.2) is 0 Å². The number of benzene rings is 1. The Balaban J connectivity index is 1.83. The summed E-state index contributed by atoms with van der Waals surface area (Å²) in [6.07, 6.45) is 1.77. The average molecular weight is 329 g/mol. The molecule has 1 aromatic carbocycles. The summed E-state index contributed by atoms with van der Waals surface area (Å²) in [7, 11) is 0. The van der Waals surface area contributed by atoms with E-state index in [1.54, 1.807) is 12.3 Å². The topological polar surface area (TPSA) is 58.3 Å². The Labute approximate surface area is 139 Å². The van der Waals surface area contributed by atoms with Crippen molar-refractivity contribution in [2.24, 2.45) is 0 Å². The molecule has 1 atom stereocenters. The molecule has 2 N–H and O–H groups in total. The normalized spacial score (nSPS) is 12.3. The van der Waals surface area contributed by atoms with Crippen molar-refractivity contribution in [1.29, 1.82) is 0 Å². The Kier molecular flexibility index (Phi) is 5.08. The second-order valence-corrected chi connectivity index (χ2v) is 5.59. The first-order valence-corrected chi connectivity index (χ1v) is 7.72.